The van der Waals surface area contributed by atoms with Gasteiger partial charge in [-0.1, -0.05) is 24.3 Å². The molecular formula is C22H23N3O4. The molecule has 29 heavy (non-hydrogen) atoms. The van der Waals surface area contributed by atoms with E-state index in [-0.39, 0.29) is 24.3 Å². The maximum absolute atomic E-state index is 12.4. The van der Waals surface area contributed by atoms with Gasteiger partial charge in [-0.15, -0.1) is 0 Å². The molecule has 2 amide bonds. The van der Waals surface area contributed by atoms with E-state index in [9.17, 15) is 14.4 Å². The van der Waals surface area contributed by atoms with Crippen LogP contribution in [0.1, 0.15) is 18.5 Å². The van der Waals surface area contributed by atoms with Crippen molar-refractivity contribution < 1.29 is 19.1 Å². The predicted molar refractivity (Wildman–Crippen MR) is 109 cm³/mol. The number of para-hydroxylation sites is 1. The molecule has 1 N–H and O–H groups in total. The molecule has 1 aliphatic rings. The normalized spacial score (nSPS) is 14.6. The minimum atomic E-state index is -0.596. The van der Waals surface area contributed by atoms with Crippen molar-refractivity contribution in [3.63, 3.8) is 0 Å². The van der Waals surface area contributed by atoms with Crippen LogP contribution >= 0.6 is 0 Å². The molecule has 1 aromatic heterocycles. The van der Waals surface area contributed by atoms with Crippen molar-refractivity contribution in [1.29, 1.82) is 0 Å². The van der Waals surface area contributed by atoms with Gasteiger partial charge in [-0.3, -0.25) is 14.6 Å². The summed E-state index contributed by atoms with van der Waals surface area (Å²) in [5.74, 6) is -1.02. The van der Waals surface area contributed by atoms with Gasteiger partial charge in [-0.2, -0.15) is 0 Å². The summed E-state index contributed by atoms with van der Waals surface area (Å²) in [6, 6.07) is 14.6. The van der Waals surface area contributed by atoms with Crippen molar-refractivity contribution in [2.75, 3.05) is 25.0 Å². The predicted octanol–water partition coefficient (Wildman–Crippen LogP) is 2.52. The average Bonchev–Trinajstić information content (AvgIpc) is 2.77. The van der Waals surface area contributed by atoms with E-state index in [1.54, 1.807) is 23.2 Å². The van der Waals surface area contributed by atoms with Crippen molar-refractivity contribution in [3.8, 4) is 0 Å². The quantitative estimate of drug-likeness (QED) is 0.602. The fraction of sp³-hybridized carbons (Fsp3) is 0.273. The van der Waals surface area contributed by atoms with E-state index in [0.717, 1.165) is 5.69 Å². The first kappa shape index (κ1) is 20.3. The summed E-state index contributed by atoms with van der Waals surface area (Å²) in [5.41, 5.74) is 1.40. The summed E-state index contributed by atoms with van der Waals surface area (Å²) >= 11 is 0. The maximum atomic E-state index is 12.4. The summed E-state index contributed by atoms with van der Waals surface area (Å²) in [6.07, 6.45) is 5.56. The van der Waals surface area contributed by atoms with Crippen LogP contribution in [0.5, 0.6) is 0 Å². The van der Waals surface area contributed by atoms with Crippen LogP contribution in [-0.2, 0) is 19.1 Å². The Labute approximate surface area is 169 Å². The fourth-order valence-electron chi connectivity index (χ4n) is 3.06. The lowest BCUT2D eigenvalue weighted by molar-refractivity contribution is -0.149. The third-order valence-electron chi connectivity index (χ3n) is 4.68. The Hall–Kier alpha value is -3.48. The van der Waals surface area contributed by atoms with Crippen molar-refractivity contribution in [3.05, 3.63) is 66.5 Å². The number of nitrogens with one attached hydrogen (secondary N) is 1. The maximum Gasteiger partial charge on any atom is 0.331 e. The molecule has 1 aliphatic heterocycles. The number of likely N-dealkylation sites (tertiary alicyclic amines) is 1. The van der Waals surface area contributed by atoms with E-state index in [1.165, 1.54) is 12.2 Å². The summed E-state index contributed by atoms with van der Waals surface area (Å²) in [6.45, 7) is 0.617. The number of hydrogen-bond acceptors (Lipinski definition) is 5. The topological polar surface area (TPSA) is 88.6 Å². The van der Waals surface area contributed by atoms with Crippen LogP contribution in [0.15, 0.2) is 60.8 Å². The highest BCUT2D eigenvalue weighted by atomic mass is 16.5. The third kappa shape index (κ3) is 6.27. The molecule has 1 fully saturated rings. The number of carbonyl (C=O) groups excluding carboxylic acids is 3. The van der Waals surface area contributed by atoms with Crippen molar-refractivity contribution in [2.24, 2.45) is 5.92 Å². The first-order chi connectivity index (χ1) is 14.1. The minimum absolute atomic E-state index is 0.0330. The lowest BCUT2D eigenvalue weighted by atomic mass is 9.95. The Balaban J connectivity index is 1.39. The number of anilines is 1. The highest BCUT2D eigenvalue weighted by Gasteiger charge is 2.27. The Morgan fingerprint density at radius 2 is 1.79 bits per heavy atom. The number of hydrogen-bond donors (Lipinski definition) is 1. The molecule has 7 nitrogen and oxygen atoms in total. The molecule has 150 valence electrons. The lowest BCUT2D eigenvalue weighted by Gasteiger charge is -2.31. The van der Waals surface area contributed by atoms with Gasteiger partial charge in [-0.05, 0) is 43.2 Å². The molecule has 2 aromatic rings. The zero-order valence-corrected chi connectivity index (χ0v) is 16.0. The standard InChI is InChI=1S/C22H23N3O4/c26-20(16-29-21(27)10-9-18-6-4-5-13-23-18)25-14-11-17(12-15-25)22(28)24-19-7-2-1-3-8-19/h1-10,13,17H,11-12,14-16H2,(H,24,28)/b10-9+. The summed E-state index contributed by atoms with van der Waals surface area (Å²) < 4.78 is 5.01. The molecule has 1 aromatic carbocycles. The number of pyridine rings is 1. The SMILES string of the molecule is O=C(/C=C/c1ccccn1)OCC(=O)N1CCC(C(=O)Nc2ccccc2)CC1. The Bertz CT molecular complexity index is 860. The average molecular weight is 393 g/mol. The van der Waals surface area contributed by atoms with Gasteiger partial charge in [0.15, 0.2) is 6.61 Å². The lowest BCUT2D eigenvalue weighted by Crippen LogP contribution is -2.43. The van der Waals surface area contributed by atoms with Gasteiger partial charge in [0.2, 0.25) is 5.91 Å². The van der Waals surface area contributed by atoms with Gasteiger partial charge in [-0.25, -0.2) is 4.79 Å². The fourth-order valence-corrected chi connectivity index (χ4v) is 3.06. The van der Waals surface area contributed by atoms with Crippen LogP contribution in [0, 0.1) is 5.92 Å². The number of piperidine rings is 1. The van der Waals surface area contributed by atoms with Crippen LogP contribution in [0.4, 0.5) is 5.69 Å². The van der Waals surface area contributed by atoms with Crippen LogP contribution in [0.25, 0.3) is 6.08 Å². The number of ether oxygens (including phenoxy) is 1. The second kappa shape index (κ2) is 10.2. The summed E-state index contributed by atoms with van der Waals surface area (Å²) in [5, 5.41) is 2.90. The second-order valence-corrected chi connectivity index (χ2v) is 6.71. The molecule has 7 heteroatoms. The number of amides is 2. The molecule has 1 saturated heterocycles. The smallest absolute Gasteiger partial charge is 0.331 e. The molecule has 0 spiro atoms. The third-order valence-corrected chi connectivity index (χ3v) is 4.68. The monoisotopic (exact) mass is 393 g/mol. The zero-order chi connectivity index (χ0) is 20.5. The largest absolute Gasteiger partial charge is 0.452 e. The first-order valence-electron chi connectivity index (χ1n) is 9.51. The zero-order valence-electron chi connectivity index (χ0n) is 16.0. The molecule has 0 radical (unpaired) electrons. The van der Waals surface area contributed by atoms with Gasteiger partial charge in [0, 0.05) is 37.0 Å². The molecule has 0 saturated carbocycles. The Kier molecular flexibility index (Phi) is 7.10. The van der Waals surface area contributed by atoms with E-state index in [1.807, 2.05) is 36.4 Å². The number of nitrogens with zero attached hydrogens (tertiary/aromatic N) is 2. The molecule has 2 heterocycles. The van der Waals surface area contributed by atoms with E-state index in [0.29, 0.717) is 31.6 Å². The summed E-state index contributed by atoms with van der Waals surface area (Å²) in [7, 11) is 0. The van der Waals surface area contributed by atoms with Gasteiger partial charge < -0.3 is 15.0 Å². The first-order valence-corrected chi connectivity index (χ1v) is 9.51. The molecule has 0 unspecified atom stereocenters. The molecule has 0 bridgehead atoms. The van der Waals surface area contributed by atoms with E-state index < -0.39 is 5.97 Å². The second-order valence-electron chi connectivity index (χ2n) is 6.71. The Morgan fingerprint density at radius 1 is 1.07 bits per heavy atom. The Morgan fingerprint density at radius 3 is 2.48 bits per heavy atom. The van der Waals surface area contributed by atoms with Crippen molar-refractivity contribution in [2.45, 2.75) is 12.8 Å². The highest BCUT2D eigenvalue weighted by Crippen LogP contribution is 2.19. The summed E-state index contributed by atoms with van der Waals surface area (Å²) in [4.78, 5) is 42.1. The highest BCUT2D eigenvalue weighted by molar-refractivity contribution is 5.93. The van der Waals surface area contributed by atoms with Gasteiger partial charge >= 0.3 is 5.97 Å². The molecule has 0 aliphatic carbocycles. The number of esters is 1. The van der Waals surface area contributed by atoms with Gasteiger partial charge in [0.1, 0.15) is 0 Å². The van der Waals surface area contributed by atoms with E-state index in [2.05, 4.69) is 10.3 Å². The number of carbonyl (C=O) groups is 3. The van der Waals surface area contributed by atoms with Gasteiger partial charge in [0.25, 0.3) is 5.91 Å². The van der Waals surface area contributed by atoms with Gasteiger partial charge in [0.05, 0.1) is 5.69 Å². The molecule has 3 rings (SSSR count). The van der Waals surface area contributed by atoms with Crippen LogP contribution < -0.4 is 5.32 Å². The molecular weight excluding hydrogens is 370 g/mol. The van der Waals surface area contributed by atoms with E-state index in [4.69, 9.17) is 4.74 Å². The van der Waals surface area contributed by atoms with Crippen LogP contribution in [-0.4, -0.2) is 47.4 Å². The van der Waals surface area contributed by atoms with Crippen molar-refractivity contribution >= 4 is 29.5 Å². The molecule has 0 atom stereocenters. The van der Waals surface area contributed by atoms with Crippen molar-refractivity contribution in [1.82, 2.24) is 9.88 Å². The van der Waals surface area contributed by atoms with Crippen LogP contribution in [0.3, 0.4) is 0 Å². The number of rotatable bonds is 6. The van der Waals surface area contributed by atoms with Crippen LogP contribution in [0.2, 0.25) is 0 Å². The number of aromatic nitrogens is 1. The number of benzene rings is 1. The van der Waals surface area contributed by atoms with E-state index >= 15 is 0 Å². The minimum Gasteiger partial charge on any atom is -0.452 e.